The summed E-state index contributed by atoms with van der Waals surface area (Å²) in [5, 5.41) is 19.8. The van der Waals surface area contributed by atoms with Gasteiger partial charge >= 0.3 is 21.3 Å². The zero-order chi connectivity index (χ0) is 19.0. The van der Waals surface area contributed by atoms with Crippen LogP contribution < -0.4 is 11.4 Å². The predicted octanol–water partition coefficient (Wildman–Crippen LogP) is -2.33. The average Bonchev–Trinajstić information content (AvgIpc) is 2.71. The first kappa shape index (κ1) is 20.1. The number of hydrogen-bond donors (Lipinski definition) is 6. The van der Waals surface area contributed by atoms with Crippen LogP contribution in [0.3, 0.4) is 0 Å². The summed E-state index contributed by atoms with van der Waals surface area (Å²) in [5.41, 5.74) is 4.45. The molecule has 1 fully saturated rings. The van der Waals surface area contributed by atoms with Crippen LogP contribution in [-0.4, -0.2) is 59.4 Å². The van der Waals surface area contributed by atoms with Gasteiger partial charge in [0.1, 0.15) is 24.1 Å². The molecule has 2 rings (SSSR count). The normalized spacial score (nSPS) is 29.5. The number of rotatable bonds is 6. The van der Waals surface area contributed by atoms with E-state index in [0.29, 0.717) is 0 Å². The first-order valence-corrected chi connectivity index (χ1v) is 9.53. The molecule has 16 heteroatoms. The second-order valence-electron chi connectivity index (χ2n) is 4.93. The van der Waals surface area contributed by atoms with Crippen LogP contribution in [0.15, 0.2) is 17.1 Å². The number of ether oxygens (including phenoxy) is 1. The quantitative estimate of drug-likeness (QED) is 0.213. The minimum atomic E-state index is -5.30. The standard InChI is InChI=1S/C9H15N3O11P2/c10-5-1-2-12(9(15)11-5)8-7(14)6(13)4(22-8)3-21-25(19,20)23-24(16,17)18/h1-2,4,6-8,13-14H,3H2,(H,19,20)(H2,10,11,15)(H2,16,17,18)/t4-,6?,7+,8-/m1/s1/i1+1,2+1,3+1,4+1,5+1,6+1,7+1,8+1,9+1. The number of aliphatic hydroxyl groups excluding tert-OH is 2. The minimum absolute atomic E-state index is 0.0787. The molecule has 25 heavy (non-hydrogen) atoms. The maximum atomic E-state index is 11.7. The summed E-state index contributed by atoms with van der Waals surface area (Å²) < 4.78 is 35.8. The average molecular weight is 412 g/mol. The van der Waals surface area contributed by atoms with E-state index < -0.39 is 52.5 Å². The Kier molecular flexibility index (Phi) is 5.81. The molecule has 0 radical (unpaired) electrons. The number of nitrogens with two attached hydrogens (primary N) is 1. The Labute approximate surface area is 139 Å². The van der Waals surface area contributed by atoms with Crippen molar-refractivity contribution in [3.8, 4) is 0 Å². The molecule has 1 aliphatic rings. The molecule has 142 valence electrons. The van der Waals surface area contributed by atoms with Gasteiger partial charge in [0.15, 0.2) is 6.23 Å². The molecule has 0 spiro atoms. The van der Waals surface area contributed by atoms with Crippen molar-refractivity contribution in [3.63, 3.8) is 0 Å². The molecule has 7 N–H and O–H groups in total. The van der Waals surface area contributed by atoms with Crippen molar-refractivity contribution in [2.45, 2.75) is 24.5 Å². The van der Waals surface area contributed by atoms with E-state index in [-0.39, 0.29) is 5.82 Å². The van der Waals surface area contributed by atoms with Crippen molar-refractivity contribution in [1.29, 1.82) is 0 Å². The maximum absolute atomic E-state index is 11.7. The van der Waals surface area contributed by atoms with Gasteiger partial charge in [0, 0.05) is 6.20 Å². The molecule has 1 aromatic heterocycles. The molecule has 0 saturated carbocycles. The summed E-state index contributed by atoms with van der Waals surface area (Å²) in [6.07, 6.45) is -4.93. The summed E-state index contributed by atoms with van der Waals surface area (Å²) in [7, 11) is -10.5. The zero-order valence-electron chi connectivity index (χ0n) is 12.2. The number of nitrogen functional groups attached to an aromatic ring is 1. The number of hydrogen-bond acceptors (Lipinski definition) is 10. The van der Waals surface area contributed by atoms with Crippen LogP contribution in [-0.2, 0) is 22.7 Å². The van der Waals surface area contributed by atoms with Gasteiger partial charge < -0.3 is 35.4 Å². The summed E-state index contributed by atoms with van der Waals surface area (Å²) >= 11 is 0. The third-order valence-corrected chi connectivity index (χ3v) is 5.23. The lowest BCUT2D eigenvalue weighted by Gasteiger charge is -2.17. The Bertz CT molecular complexity index is 778. The fourth-order valence-corrected chi connectivity index (χ4v) is 3.64. The minimum Gasteiger partial charge on any atom is -0.387 e. The summed E-state index contributed by atoms with van der Waals surface area (Å²) in [6, 6.07) is 1.24. The van der Waals surface area contributed by atoms with E-state index in [9.17, 15) is 24.1 Å². The fraction of sp³-hybridized carbons (Fsp3) is 0.556. The second-order valence-corrected chi connectivity index (χ2v) is 7.75. The Hall–Kier alpha value is -1.18. The van der Waals surface area contributed by atoms with Crippen molar-refractivity contribution >= 4 is 21.5 Å². The van der Waals surface area contributed by atoms with Crippen LogP contribution in [0.2, 0.25) is 0 Å². The Morgan fingerprint density at radius 1 is 1.28 bits per heavy atom. The maximum Gasteiger partial charge on any atom is 0.481 e. The van der Waals surface area contributed by atoms with Crippen LogP contribution in [0.5, 0.6) is 0 Å². The van der Waals surface area contributed by atoms with Crippen LogP contribution in [0.4, 0.5) is 5.82 Å². The molecule has 2 heterocycles. The summed E-state index contributed by atoms with van der Waals surface area (Å²) in [4.78, 5) is 41.3. The molecular formula is C9H15N3O11P2. The van der Waals surface area contributed by atoms with Crippen molar-refractivity contribution in [2.24, 2.45) is 0 Å². The topological polar surface area (TPSA) is 224 Å². The van der Waals surface area contributed by atoms with Crippen LogP contribution in [0.1, 0.15) is 6.23 Å². The highest BCUT2D eigenvalue weighted by Gasteiger charge is 2.45. The van der Waals surface area contributed by atoms with E-state index in [0.717, 1.165) is 10.8 Å². The number of anilines is 1. The Morgan fingerprint density at radius 3 is 2.48 bits per heavy atom. The number of nitrogens with zero attached hydrogens (tertiary/aromatic N) is 2. The van der Waals surface area contributed by atoms with Gasteiger partial charge in [-0.1, -0.05) is 0 Å². The molecule has 0 bridgehead atoms. The number of aromatic nitrogens is 2. The first-order valence-electron chi connectivity index (χ1n) is 6.50. The van der Waals surface area contributed by atoms with Gasteiger partial charge in [-0.25, -0.2) is 13.9 Å². The van der Waals surface area contributed by atoms with E-state index in [1.165, 1.54) is 6.07 Å². The monoisotopic (exact) mass is 412 g/mol. The van der Waals surface area contributed by atoms with Gasteiger partial charge in [0.2, 0.25) is 0 Å². The highest BCUT2D eigenvalue weighted by molar-refractivity contribution is 7.60. The lowest BCUT2D eigenvalue weighted by molar-refractivity contribution is -0.0541. The molecule has 1 aromatic rings. The van der Waals surface area contributed by atoms with E-state index in [4.69, 9.17) is 25.2 Å². The second kappa shape index (κ2) is 7.21. The largest absolute Gasteiger partial charge is 0.481 e. The van der Waals surface area contributed by atoms with Crippen molar-refractivity contribution < 1.29 is 47.6 Å². The molecule has 2 unspecified atom stereocenters. The molecule has 0 aromatic carbocycles. The van der Waals surface area contributed by atoms with Crippen molar-refractivity contribution in [3.05, 3.63) is 22.7 Å². The highest BCUT2D eigenvalue weighted by atomic mass is 31.3. The lowest BCUT2D eigenvalue weighted by atomic mass is 11.1. The SMILES string of the molecule is N[13c]1[13cH][13cH]n([13C@@H]2O[13C@H]([13CH2]OP(=O)(O)OP(=O)(O)O)[13CH](O)[13C@@H]2O)[13c](=O)n1. The van der Waals surface area contributed by atoms with Gasteiger partial charge in [-0.05, 0) is 6.07 Å². The molecule has 5 atom stereocenters. The lowest BCUT2D eigenvalue weighted by Crippen LogP contribution is -2.36. The van der Waals surface area contributed by atoms with E-state index in [1.807, 2.05) is 0 Å². The van der Waals surface area contributed by atoms with Gasteiger partial charge in [-0.2, -0.15) is 9.29 Å². The third-order valence-electron chi connectivity index (χ3n) is 3.07. The zero-order valence-corrected chi connectivity index (χ0v) is 14.0. The van der Waals surface area contributed by atoms with E-state index >= 15 is 0 Å². The van der Waals surface area contributed by atoms with Crippen LogP contribution in [0, 0.1) is 0 Å². The predicted molar refractivity (Wildman–Crippen MR) is 77.7 cm³/mol. The molecule has 0 aliphatic carbocycles. The fourth-order valence-electron chi connectivity index (χ4n) is 2.04. The van der Waals surface area contributed by atoms with Gasteiger partial charge in [0.25, 0.3) is 0 Å². The molecule has 1 saturated heterocycles. The van der Waals surface area contributed by atoms with E-state index in [2.05, 4.69) is 13.8 Å². The first-order chi connectivity index (χ1) is 11.4. The smallest absolute Gasteiger partial charge is 0.387 e. The summed E-state index contributed by atoms with van der Waals surface area (Å²) in [5.74, 6) is -0.0787. The number of phosphoric ester groups is 1. The third kappa shape index (κ3) is 5.15. The highest BCUT2D eigenvalue weighted by Crippen LogP contribution is 2.57. The van der Waals surface area contributed by atoms with Crippen LogP contribution in [0.25, 0.3) is 0 Å². The molecule has 1 aliphatic heterocycles. The molecular weight excluding hydrogens is 397 g/mol. The van der Waals surface area contributed by atoms with Crippen molar-refractivity contribution in [1.82, 2.24) is 9.55 Å². The molecule has 14 nitrogen and oxygen atoms in total. The van der Waals surface area contributed by atoms with Gasteiger partial charge in [0.05, 0.1) is 6.61 Å². The Balaban J connectivity index is 2.08. The van der Waals surface area contributed by atoms with Crippen LogP contribution >= 0.6 is 15.6 Å². The number of phosphoric acid groups is 2. The van der Waals surface area contributed by atoms with Gasteiger partial charge in [-0.3, -0.25) is 9.09 Å². The number of aliphatic hydroxyl groups is 2. The Morgan fingerprint density at radius 2 is 1.92 bits per heavy atom. The van der Waals surface area contributed by atoms with Crippen molar-refractivity contribution in [2.75, 3.05) is 12.3 Å². The van der Waals surface area contributed by atoms with Gasteiger partial charge in [-0.15, -0.1) is 0 Å². The molecule has 0 amide bonds. The summed E-state index contributed by atoms with van der Waals surface area (Å²) in [6.45, 7) is -0.875. The van der Waals surface area contributed by atoms with E-state index in [1.54, 1.807) is 0 Å².